The van der Waals surface area contributed by atoms with Crippen molar-refractivity contribution in [3.63, 3.8) is 0 Å². The molecule has 0 saturated carbocycles. The topological polar surface area (TPSA) is 26.3 Å². The SMILES string of the molecule is CC(C)CCOCC(=O)Cc1ccccc1. The van der Waals surface area contributed by atoms with E-state index in [1.807, 2.05) is 30.3 Å². The molecule has 1 aromatic rings. The maximum absolute atomic E-state index is 11.5. The number of benzene rings is 1. The number of carbonyl (C=O) groups is 1. The fourth-order valence-electron chi connectivity index (χ4n) is 1.38. The summed E-state index contributed by atoms with van der Waals surface area (Å²) in [5.41, 5.74) is 1.06. The molecule has 88 valence electrons. The molecule has 0 saturated heterocycles. The molecule has 0 aromatic heterocycles. The number of hydrogen-bond acceptors (Lipinski definition) is 2. The molecule has 2 nitrogen and oxygen atoms in total. The van der Waals surface area contributed by atoms with E-state index in [9.17, 15) is 4.79 Å². The molecule has 0 aliphatic carbocycles. The smallest absolute Gasteiger partial charge is 0.162 e. The van der Waals surface area contributed by atoms with Crippen molar-refractivity contribution in [1.82, 2.24) is 0 Å². The molecule has 2 heteroatoms. The highest BCUT2D eigenvalue weighted by Crippen LogP contribution is 2.02. The summed E-state index contributed by atoms with van der Waals surface area (Å²) >= 11 is 0. The lowest BCUT2D eigenvalue weighted by Gasteiger charge is -2.05. The Labute approximate surface area is 97.6 Å². The minimum Gasteiger partial charge on any atom is -0.374 e. The second-order valence-corrected chi connectivity index (χ2v) is 4.44. The fraction of sp³-hybridized carbons (Fsp3) is 0.500. The van der Waals surface area contributed by atoms with Crippen molar-refractivity contribution in [2.75, 3.05) is 13.2 Å². The molecule has 1 rings (SSSR count). The van der Waals surface area contributed by atoms with Gasteiger partial charge in [0.1, 0.15) is 6.61 Å². The number of ether oxygens (including phenoxy) is 1. The molecule has 0 fully saturated rings. The van der Waals surface area contributed by atoms with Crippen LogP contribution in [-0.2, 0) is 16.0 Å². The number of ketones is 1. The molecule has 0 unspecified atom stereocenters. The maximum Gasteiger partial charge on any atom is 0.162 e. The molecule has 0 amide bonds. The molecule has 0 heterocycles. The Bertz CT molecular complexity index is 304. The molecule has 0 atom stereocenters. The minimum absolute atomic E-state index is 0.148. The summed E-state index contributed by atoms with van der Waals surface area (Å²) in [6, 6.07) is 9.77. The van der Waals surface area contributed by atoms with Gasteiger partial charge in [0.15, 0.2) is 5.78 Å². The van der Waals surface area contributed by atoms with Crippen molar-refractivity contribution in [2.45, 2.75) is 26.7 Å². The van der Waals surface area contributed by atoms with Crippen LogP contribution in [0.1, 0.15) is 25.8 Å². The van der Waals surface area contributed by atoms with Gasteiger partial charge in [0.2, 0.25) is 0 Å². The van der Waals surface area contributed by atoms with Crippen LogP contribution in [0.3, 0.4) is 0 Å². The van der Waals surface area contributed by atoms with Crippen LogP contribution in [0.25, 0.3) is 0 Å². The molecule has 0 N–H and O–H groups in total. The highest BCUT2D eigenvalue weighted by molar-refractivity contribution is 5.81. The molecule has 16 heavy (non-hydrogen) atoms. The first-order chi connectivity index (χ1) is 7.68. The highest BCUT2D eigenvalue weighted by atomic mass is 16.5. The van der Waals surface area contributed by atoms with E-state index in [4.69, 9.17) is 4.74 Å². The van der Waals surface area contributed by atoms with E-state index in [0.29, 0.717) is 18.9 Å². The van der Waals surface area contributed by atoms with E-state index in [1.165, 1.54) is 0 Å². The van der Waals surface area contributed by atoms with E-state index in [0.717, 1.165) is 12.0 Å². The van der Waals surface area contributed by atoms with Gasteiger partial charge in [0.25, 0.3) is 0 Å². The van der Waals surface area contributed by atoms with Crippen LogP contribution in [0.2, 0.25) is 0 Å². The molecular formula is C14H20O2. The number of rotatable bonds is 7. The van der Waals surface area contributed by atoms with Crippen LogP contribution in [0.5, 0.6) is 0 Å². The van der Waals surface area contributed by atoms with Crippen molar-refractivity contribution in [1.29, 1.82) is 0 Å². The summed E-state index contributed by atoms with van der Waals surface area (Å²) in [7, 11) is 0. The van der Waals surface area contributed by atoms with E-state index >= 15 is 0 Å². The van der Waals surface area contributed by atoms with Gasteiger partial charge < -0.3 is 4.74 Å². The van der Waals surface area contributed by atoms with Crippen LogP contribution in [0.15, 0.2) is 30.3 Å². The lowest BCUT2D eigenvalue weighted by molar-refractivity contribution is -0.123. The van der Waals surface area contributed by atoms with Crippen molar-refractivity contribution < 1.29 is 9.53 Å². The fourth-order valence-corrected chi connectivity index (χ4v) is 1.38. The number of carbonyl (C=O) groups excluding carboxylic acids is 1. The summed E-state index contributed by atoms with van der Waals surface area (Å²) in [5.74, 6) is 0.777. The van der Waals surface area contributed by atoms with Gasteiger partial charge in [-0.2, -0.15) is 0 Å². The summed E-state index contributed by atoms with van der Waals surface area (Å²) in [4.78, 5) is 11.5. The summed E-state index contributed by atoms with van der Waals surface area (Å²) < 4.78 is 5.33. The second-order valence-electron chi connectivity index (χ2n) is 4.44. The largest absolute Gasteiger partial charge is 0.374 e. The monoisotopic (exact) mass is 220 g/mol. The van der Waals surface area contributed by atoms with Crippen molar-refractivity contribution >= 4 is 5.78 Å². The van der Waals surface area contributed by atoms with E-state index < -0.39 is 0 Å². The van der Waals surface area contributed by atoms with Gasteiger partial charge in [-0.05, 0) is 17.9 Å². The van der Waals surface area contributed by atoms with Gasteiger partial charge in [-0.15, -0.1) is 0 Å². The van der Waals surface area contributed by atoms with Gasteiger partial charge in [0.05, 0.1) is 0 Å². The molecule has 0 aliphatic heterocycles. The Morgan fingerprint density at radius 3 is 2.56 bits per heavy atom. The number of Topliss-reactive ketones (excluding diaryl/α,β-unsaturated/α-hetero) is 1. The second kappa shape index (κ2) is 7.18. The third kappa shape index (κ3) is 5.66. The Balaban J connectivity index is 2.17. The molecule has 0 bridgehead atoms. The van der Waals surface area contributed by atoms with Gasteiger partial charge >= 0.3 is 0 Å². The molecule has 0 spiro atoms. The van der Waals surface area contributed by atoms with Crippen molar-refractivity contribution in [3.8, 4) is 0 Å². The zero-order valence-electron chi connectivity index (χ0n) is 10.1. The molecule has 0 radical (unpaired) electrons. The van der Waals surface area contributed by atoms with Crippen LogP contribution in [-0.4, -0.2) is 19.0 Å². The first kappa shape index (κ1) is 12.9. The quantitative estimate of drug-likeness (QED) is 0.660. The van der Waals surface area contributed by atoms with Gasteiger partial charge in [-0.1, -0.05) is 44.2 Å². The van der Waals surface area contributed by atoms with E-state index in [-0.39, 0.29) is 12.4 Å². The Kier molecular flexibility index (Phi) is 5.79. The van der Waals surface area contributed by atoms with Gasteiger partial charge in [-0.3, -0.25) is 4.79 Å². The zero-order valence-corrected chi connectivity index (χ0v) is 10.1. The average molecular weight is 220 g/mol. The first-order valence-electron chi connectivity index (χ1n) is 5.82. The van der Waals surface area contributed by atoms with Gasteiger partial charge in [-0.25, -0.2) is 0 Å². The van der Waals surface area contributed by atoms with Crippen LogP contribution in [0.4, 0.5) is 0 Å². The lowest BCUT2D eigenvalue weighted by atomic mass is 10.1. The van der Waals surface area contributed by atoms with Crippen LogP contribution in [0, 0.1) is 5.92 Å². The average Bonchev–Trinajstić information content (AvgIpc) is 2.25. The van der Waals surface area contributed by atoms with Crippen molar-refractivity contribution in [2.24, 2.45) is 5.92 Å². The van der Waals surface area contributed by atoms with E-state index in [2.05, 4.69) is 13.8 Å². The molecular weight excluding hydrogens is 200 g/mol. The molecule has 1 aromatic carbocycles. The standard InChI is InChI=1S/C14H20O2/c1-12(2)8-9-16-11-14(15)10-13-6-4-3-5-7-13/h3-7,12H,8-11H2,1-2H3. The summed E-state index contributed by atoms with van der Waals surface area (Å²) in [6.45, 7) is 5.21. The zero-order chi connectivity index (χ0) is 11.8. The lowest BCUT2D eigenvalue weighted by Crippen LogP contribution is -2.12. The molecule has 0 aliphatic rings. The summed E-state index contributed by atoms with van der Waals surface area (Å²) in [5, 5.41) is 0. The predicted octanol–water partition coefficient (Wildman–Crippen LogP) is 2.86. The maximum atomic E-state index is 11.5. The third-order valence-corrected chi connectivity index (χ3v) is 2.35. The minimum atomic E-state index is 0.148. The Morgan fingerprint density at radius 1 is 1.25 bits per heavy atom. The Hall–Kier alpha value is -1.15. The van der Waals surface area contributed by atoms with Crippen molar-refractivity contribution in [3.05, 3.63) is 35.9 Å². The van der Waals surface area contributed by atoms with E-state index in [1.54, 1.807) is 0 Å². The normalized spacial score (nSPS) is 10.7. The third-order valence-electron chi connectivity index (χ3n) is 2.35. The Morgan fingerprint density at radius 2 is 1.94 bits per heavy atom. The van der Waals surface area contributed by atoms with Crippen LogP contribution >= 0.6 is 0 Å². The van der Waals surface area contributed by atoms with Gasteiger partial charge in [0, 0.05) is 13.0 Å². The predicted molar refractivity (Wildman–Crippen MR) is 65.4 cm³/mol. The highest BCUT2D eigenvalue weighted by Gasteiger charge is 2.03. The van der Waals surface area contributed by atoms with Crippen LogP contribution < -0.4 is 0 Å². The first-order valence-corrected chi connectivity index (χ1v) is 5.82. The number of hydrogen-bond donors (Lipinski definition) is 0. The summed E-state index contributed by atoms with van der Waals surface area (Å²) in [6.07, 6.45) is 1.49.